The first-order valence-electron chi connectivity index (χ1n) is 12.9. The summed E-state index contributed by atoms with van der Waals surface area (Å²) in [4.78, 5) is 2.50. The summed E-state index contributed by atoms with van der Waals surface area (Å²) >= 11 is 0. The third-order valence-corrected chi connectivity index (χ3v) is 7.04. The second-order valence-corrected chi connectivity index (χ2v) is 9.44. The highest BCUT2D eigenvalue weighted by molar-refractivity contribution is 5.85. The summed E-state index contributed by atoms with van der Waals surface area (Å²) in [5, 5.41) is 0. The molecule has 1 saturated heterocycles. The number of fused-ring (bicyclic) bond motifs is 1. The van der Waals surface area contributed by atoms with Crippen molar-refractivity contribution in [3.8, 4) is 23.0 Å². The third-order valence-electron chi connectivity index (χ3n) is 7.04. The fraction of sp³-hybridized carbons (Fsp3) is 0.355. The van der Waals surface area contributed by atoms with Gasteiger partial charge in [-0.25, -0.2) is 0 Å². The molecule has 3 aromatic carbocycles. The molecule has 1 atom stereocenters. The molecule has 5 heteroatoms. The number of benzene rings is 3. The molecule has 0 amide bonds. The highest BCUT2D eigenvalue weighted by Gasteiger charge is 2.26. The molecule has 2 heterocycles. The van der Waals surface area contributed by atoms with Crippen molar-refractivity contribution in [3.05, 3.63) is 83.4 Å². The van der Waals surface area contributed by atoms with Gasteiger partial charge in [0, 0.05) is 24.6 Å². The molecule has 0 N–H and O–H groups in total. The monoisotopic (exact) mass is 485 g/mol. The van der Waals surface area contributed by atoms with Crippen molar-refractivity contribution in [2.45, 2.75) is 31.8 Å². The fourth-order valence-electron chi connectivity index (χ4n) is 4.98. The van der Waals surface area contributed by atoms with E-state index in [0.29, 0.717) is 0 Å². The van der Waals surface area contributed by atoms with Gasteiger partial charge in [0.25, 0.3) is 0 Å². The van der Waals surface area contributed by atoms with E-state index in [9.17, 15) is 0 Å². The van der Waals surface area contributed by atoms with Gasteiger partial charge in [-0.3, -0.25) is 4.90 Å². The molecule has 3 aromatic rings. The van der Waals surface area contributed by atoms with E-state index in [4.69, 9.17) is 18.9 Å². The van der Waals surface area contributed by atoms with Crippen LogP contribution in [-0.4, -0.2) is 45.4 Å². The van der Waals surface area contributed by atoms with Crippen LogP contribution >= 0.6 is 0 Å². The van der Waals surface area contributed by atoms with Crippen LogP contribution in [0.2, 0.25) is 0 Å². The molecule has 188 valence electrons. The molecule has 5 nitrogen and oxygen atoms in total. The summed E-state index contributed by atoms with van der Waals surface area (Å²) in [7, 11) is 3.37. The number of rotatable bonds is 8. The topological polar surface area (TPSA) is 40.2 Å². The van der Waals surface area contributed by atoms with Crippen LogP contribution in [0.1, 0.15) is 48.5 Å². The maximum Gasteiger partial charge on any atom is 0.131 e. The summed E-state index contributed by atoms with van der Waals surface area (Å²) in [5.41, 5.74) is 4.59. The van der Waals surface area contributed by atoms with Crippen LogP contribution in [0.25, 0.3) is 11.6 Å². The van der Waals surface area contributed by atoms with E-state index in [-0.39, 0.29) is 6.10 Å². The zero-order chi connectivity index (χ0) is 24.7. The van der Waals surface area contributed by atoms with Crippen molar-refractivity contribution in [2.75, 3.05) is 40.5 Å². The Morgan fingerprint density at radius 1 is 0.833 bits per heavy atom. The van der Waals surface area contributed by atoms with Crippen molar-refractivity contribution >= 4 is 11.6 Å². The van der Waals surface area contributed by atoms with Crippen molar-refractivity contribution in [2.24, 2.45) is 0 Å². The Morgan fingerprint density at radius 3 is 2.25 bits per heavy atom. The van der Waals surface area contributed by atoms with Crippen LogP contribution in [0.15, 0.2) is 66.7 Å². The van der Waals surface area contributed by atoms with E-state index >= 15 is 0 Å². The fourth-order valence-corrected chi connectivity index (χ4v) is 4.98. The quantitative estimate of drug-likeness (QED) is 0.358. The normalized spacial score (nSPS) is 18.8. The molecule has 2 aliphatic rings. The lowest BCUT2D eigenvalue weighted by atomic mass is 9.91. The standard InChI is InChI=1S/C31H35NO4/c1-33-26-10-6-23(7-11-26)20-25-21-30(36-31-22-28(34-2)14-15-29(25)31)24-8-12-27(13-9-24)35-19-18-32-16-4-3-5-17-32/h6-15,20,22,30H,3-5,16-19,21H2,1-2H3/b25-20+. The van der Waals surface area contributed by atoms with Crippen LogP contribution < -0.4 is 18.9 Å². The van der Waals surface area contributed by atoms with E-state index in [1.165, 1.54) is 37.9 Å². The van der Waals surface area contributed by atoms with Gasteiger partial charge in [-0.15, -0.1) is 0 Å². The summed E-state index contributed by atoms with van der Waals surface area (Å²) in [6.07, 6.45) is 6.89. The molecule has 0 spiro atoms. The van der Waals surface area contributed by atoms with Crippen molar-refractivity contribution in [1.29, 1.82) is 0 Å². The van der Waals surface area contributed by atoms with Gasteiger partial charge in [0.1, 0.15) is 35.7 Å². The first-order valence-corrected chi connectivity index (χ1v) is 12.9. The van der Waals surface area contributed by atoms with Gasteiger partial charge in [0.15, 0.2) is 0 Å². The van der Waals surface area contributed by atoms with Crippen LogP contribution in [0.5, 0.6) is 23.0 Å². The second-order valence-electron chi connectivity index (χ2n) is 9.44. The predicted octanol–water partition coefficient (Wildman–Crippen LogP) is 6.63. The Labute approximate surface area is 214 Å². The van der Waals surface area contributed by atoms with E-state index in [1.54, 1.807) is 14.2 Å². The lowest BCUT2D eigenvalue weighted by molar-refractivity contribution is 0.183. The first kappa shape index (κ1) is 24.3. The van der Waals surface area contributed by atoms with Crippen molar-refractivity contribution in [1.82, 2.24) is 4.90 Å². The molecule has 2 aliphatic heterocycles. The maximum atomic E-state index is 6.48. The Balaban J connectivity index is 1.32. The number of ether oxygens (including phenoxy) is 4. The predicted molar refractivity (Wildman–Crippen MR) is 144 cm³/mol. The molecule has 0 radical (unpaired) electrons. The second kappa shape index (κ2) is 11.5. The zero-order valence-corrected chi connectivity index (χ0v) is 21.2. The van der Waals surface area contributed by atoms with E-state index in [2.05, 4.69) is 53.4 Å². The smallest absolute Gasteiger partial charge is 0.131 e. The van der Waals surface area contributed by atoms with Crippen LogP contribution in [0.3, 0.4) is 0 Å². The lowest BCUT2D eigenvalue weighted by Gasteiger charge is -2.29. The van der Waals surface area contributed by atoms with Gasteiger partial charge in [-0.2, -0.15) is 0 Å². The molecule has 36 heavy (non-hydrogen) atoms. The molecule has 5 rings (SSSR count). The largest absolute Gasteiger partial charge is 0.497 e. The number of hydrogen-bond acceptors (Lipinski definition) is 5. The van der Waals surface area contributed by atoms with Gasteiger partial charge in [0.2, 0.25) is 0 Å². The molecular formula is C31H35NO4. The van der Waals surface area contributed by atoms with Crippen molar-refractivity contribution < 1.29 is 18.9 Å². The Morgan fingerprint density at radius 2 is 1.53 bits per heavy atom. The minimum Gasteiger partial charge on any atom is -0.497 e. The maximum absolute atomic E-state index is 6.48. The van der Waals surface area contributed by atoms with E-state index in [1.807, 2.05) is 24.3 Å². The highest BCUT2D eigenvalue weighted by atomic mass is 16.5. The minimum atomic E-state index is -0.0866. The average Bonchev–Trinajstić information content (AvgIpc) is 2.94. The lowest BCUT2D eigenvalue weighted by Crippen LogP contribution is -2.33. The summed E-state index contributed by atoms with van der Waals surface area (Å²) in [6, 6.07) is 22.5. The third kappa shape index (κ3) is 5.85. The van der Waals surface area contributed by atoms with E-state index < -0.39 is 0 Å². The Hall–Kier alpha value is -3.44. The zero-order valence-electron chi connectivity index (χ0n) is 21.2. The molecule has 0 aliphatic carbocycles. The number of likely N-dealkylation sites (tertiary alicyclic amines) is 1. The first-order chi connectivity index (χ1) is 17.7. The number of hydrogen-bond donors (Lipinski definition) is 0. The molecule has 1 unspecified atom stereocenters. The molecule has 0 saturated carbocycles. The number of methoxy groups -OCH3 is 2. The van der Waals surface area contributed by atoms with Crippen molar-refractivity contribution in [3.63, 3.8) is 0 Å². The van der Waals surface area contributed by atoms with Crippen LogP contribution in [-0.2, 0) is 0 Å². The SMILES string of the molecule is COc1ccc(/C=C2\CC(c3ccc(OCCN4CCCCC4)cc3)Oc3cc(OC)ccc32)cc1. The van der Waals surface area contributed by atoms with Gasteiger partial charge in [-0.1, -0.05) is 36.8 Å². The summed E-state index contributed by atoms with van der Waals surface area (Å²) < 4.78 is 23.3. The molecular weight excluding hydrogens is 450 g/mol. The molecule has 0 bridgehead atoms. The summed E-state index contributed by atoms with van der Waals surface area (Å²) in [5.74, 6) is 3.39. The van der Waals surface area contributed by atoms with Crippen LogP contribution in [0, 0.1) is 0 Å². The number of piperidine rings is 1. The van der Waals surface area contributed by atoms with Gasteiger partial charge in [-0.05, 0) is 79.0 Å². The number of nitrogens with zero attached hydrogens (tertiary/aromatic N) is 1. The average molecular weight is 486 g/mol. The highest BCUT2D eigenvalue weighted by Crippen LogP contribution is 2.44. The Bertz CT molecular complexity index is 1160. The van der Waals surface area contributed by atoms with Gasteiger partial charge in [0.05, 0.1) is 14.2 Å². The van der Waals surface area contributed by atoms with E-state index in [0.717, 1.165) is 59.3 Å². The van der Waals surface area contributed by atoms with Gasteiger partial charge < -0.3 is 18.9 Å². The molecule has 0 aromatic heterocycles. The van der Waals surface area contributed by atoms with Crippen LogP contribution in [0.4, 0.5) is 0 Å². The summed E-state index contributed by atoms with van der Waals surface area (Å²) in [6.45, 7) is 4.10. The van der Waals surface area contributed by atoms with Gasteiger partial charge >= 0.3 is 0 Å². The Kier molecular flexibility index (Phi) is 7.77. The molecule has 1 fully saturated rings. The minimum absolute atomic E-state index is 0.0866.